The maximum Gasteiger partial charge on any atom is 0.337 e. The van der Waals surface area contributed by atoms with E-state index in [1.165, 1.54) is 17.5 Å². The highest BCUT2D eigenvalue weighted by atomic mass is 35.5. The summed E-state index contributed by atoms with van der Waals surface area (Å²) in [5.74, 6) is -1.36. The Morgan fingerprint density at radius 3 is 2.67 bits per heavy atom. The molecule has 0 radical (unpaired) electrons. The summed E-state index contributed by atoms with van der Waals surface area (Å²) in [6.07, 6.45) is 1.52. The molecule has 0 bridgehead atoms. The van der Waals surface area contributed by atoms with E-state index >= 15 is 0 Å². The number of aromatic carboxylic acids is 1. The molecule has 0 saturated carbocycles. The first kappa shape index (κ1) is 16.2. The third-order valence-electron chi connectivity index (χ3n) is 2.44. The zero-order chi connectivity index (χ0) is 15.6. The summed E-state index contributed by atoms with van der Waals surface area (Å²) in [5.41, 5.74) is 1.20. The van der Waals surface area contributed by atoms with E-state index in [0.717, 1.165) is 12.1 Å². The smallest absolute Gasteiger partial charge is 0.337 e. The Balaban J connectivity index is 2.37. The van der Waals surface area contributed by atoms with Gasteiger partial charge in [-0.1, -0.05) is 23.2 Å². The fourth-order valence-corrected chi connectivity index (χ4v) is 4.02. The Morgan fingerprint density at radius 1 is 1.38 bits per heavy atom. The Morgan fingerprint density at radius 2 is 2.10 bits per heavy atom. The molecule has 0 spiro atoms. The monoisotopic (exact) mass is 366 g/mol. The number of halogens is 2. The summed E-state index contributed by atoms with van der Waals surface area (Å²) in [4.78, 5) is 15.2. The Bertz CT molecular complexity index is 776. The number of sulfonamides is 1. The SMILES string of the molecule is O=C(O)c1cc(Cl)cc(S(=O)(=O)NCc2cncs2)c1Cl. The molecule has 0 unspecified atom stereocenters. The summed E-state index contributed by atoms with van der Waals surface area (Å²) in [6, 6.07) is 2.19. The van der Waals surface area contributed by atoms with Crippen LogP contribution in [0.3, 0.4) is 0 Å². The van der Waals surface area contributed by atoms with Crippen LogP contribution in [0, 0.1) is 0 Å². The summed E-state index contributed by atoms with van der Waals surface area (Å²) < 4.78 is 26.7. The van der Waals surface area contributed by atoms with Gasteiger partial charge in [-0.25, -0.2) is 17.9 Å². The molecule has 2 rings (SSSR count). The van der Waals surface area contributed by atoms with Gasteiger partial charge in [-0.2, -0.15) is 0 Å². The number of carboxylic acids is 1. The molecule has 10 heteroatoms. The summed E-state index contributed by atoms with van der Waals surface area (Å²) >= 11 is 12.9. The highest BCUT2D eigenvalue weighted by Crippen LogP contribution is 2.29. The highest BCUT2D eigenvalue weighted by Gasteiger charge is 2.23. The molecule has 6 nitrogen and oxygen atoms in total. The number of aromatic nitrogens is 1. The molecular formula is C11H8Cl2N2O4S2. The number of rotatable bonds is 5. The lowest BCUT2D eigenvalue weighted by atomic mass is 10.2. The minimum Gasteiger partial charge on any atom is -0.478 e. The zero-order valence-electron chi connectivity index (χ0n) is 10.2. The summed E-state index contributed by atoms with van der Waals surface area (Å²) in [5, 5.41) is 8.58. The second-order valence-corrected chi connectivity index (χ2v) is 7.38. The molecule has 112 valence electrons. The minimum atomic E-state index is -4.00. The Hall–Kier alpha value is -1.19. The first-order valence-corrected chi connectivity index (χ1v) is 8.52. The molecule has 21 heavy (non-hydrogen) atoms. The standard InChI is InChI=1S/C11H8Cl2N2O4S2/c12-6-1-8(11(16)17)10(13)9(2-6)21(18,19)15-4-7-3-14-5-20-7/h1-3,5,15H,4H2,(H,16,17). The van der Waals surface area contributed by atoms with Crippen molar-refractivity contribution in [3.8, 4) is 0 Å². The van der Waals surface area contributed by atoms with Crippen LogP contribution < -0.4 is 4.72 Å². The lowest BCUT2D eigenvalue weighted by Crippen LogP contribution is -2.23. The van der Waals surface area contributed by atoms with E-state index in [0.29, 0.717) is 4.88 Å². The van der Waals surface area contributed by atoms with Crippen molar-refractivity contribution < 1.29 is 18.3 Å². The predicted octanol–water partition coefficient (Wildman–Crippen LogP) is 2.63. The van der Waals surface area contributed by atoms with Gasteiger partial charge in [-0.05, 0) is 12.1 Å². The van der Waals surface area contributed by atoms with Gasteiger partial charge in [0.25, 0.3) is 0 Å². The Labute approximate surface area is 134 Å². The van der Waals surface area contributed by atoms with Crippen LogP contribution in [-0.2, 0) is 16.6 Å². The van der Waals surface area contributed by atoms with Gasteiger partial charge in [0.2, 0.25) is 10.0 Å². The van der Waals surface area contributed by atoms with Gasteiger partial charge in [0.15, 0.2) is 0 Å². The van der Waals surface area contributed by atoms with Gasteiger partial charge in [0, 0.05) is 22.6 Å². The number of nitrogens with zero attached hydrogens (tertiary/aromatic N) is 1. The van der Waals surface area contributed by atoms with Crippen molar-refractivity contribution in [1.29, 1.82) is 0 Å². The van der Waals surface area contributed by atoms with Crippen molar-refractivity contribution >= 4 is 50.5 Å². The van der Waals surface area contributed by atoms with Crippen LogP contribution in [0.5, 0.6) is 0 Å². The van der Waals surface area contributed by atoms with Gasteiger partial charge in [-0.3, -0.25) is 4.98 Å². The van der Waals surface area contributed by atoms with Crippen LogP contribution in [0.4, 0.5) is 0 Å². The fourth-order valence-electron chi connectivity index (χ4n) is 1.49. The van der Waals surface area contributed by atoms with Gasteiger partial charge in [0.1, 0.15) is 4.90 Å². The van der Waals surface area contributed by atoms with Crippen molar-refractivity contribution in [3.63, 3.8) is 0 Å². The molecular weight excluding hydrogens is 359 g/mol. The van der Waals surface area contributed by atoms with Crippen molar-refractivity contribution in [2.75, 3.05) is 0 Å². The molecule has 2 aromatic rings. The summed E-state index contributed by atoms with van der Waals surface area (Å²) in [7, 11) is -4.00. The Kier molecular flexibility index (Phi) is 4.84. The molecule has 0 amide bonds. The minimum absolute atomic E-state index is 0.0260. The van der Waals surface area contributed by atoms with Crippen molar-refractivity contribution in [1.82, 2.24) is 9.71 Å². The van der Waals surface area contributed by atoms with Crippen molar-refractivity contribution in [2.24, 2.45) is 0 Å². The highest BCUT2D eigenvalue weighted by molar-refractivity contribution is 7.89. The molecule has 0 aliphatic rings. The average molecular weight is 367 g/mol. The molecule has 1 aromatic heterocycles. The zero-order valence-corrected chi connectivity index (χ0v) is 13.4. The number of nitrogens with one attached hydrogen (secondary N) is 1. The second-order valence-electron chi connectivity index (χ2n) is 3.86. The first-order valence-electron chi connectivity index (χ1n) is 5.40. The van der Waals surface area contributed by atoms with E-state index in [2.05, 4.69) is 9.71 Å². The fraction of sp³-hybridized carbons (Fsp3) is 0.0909. The van der Waals surface area contributed by atoms with E-state index in [-0.39, 0.29) is 27.0 Å². The third kappa shape index (κ3) is 3.72. The number of hydrogen-bond acceptors (Lipinski definition) is 5. The molecule has 2 N–H and O–H groups in total. The first-order chi connectivity index (χ1) is 9.81. The van der Waals surface area contributed by atoms with Gasteiger partial charge in [-0.15, -0.1) is 11.3 Å². The van der Waals surface area contributed by atoms with Crippen LogP contribution in [0.1, 0.15) is 15.2 Å². The second kappa shape index (κ2) is 6.29. The average Bonchev–Trinajstić information content (AvgIpc) is 2.91. The molecule has 0 aliphatic heterocycles. The quantitative estimate of drug-likeness (QED) is 0.847. The van der Waals surface area contributed by atoms with E-state index in [1.807, 2.05) is 0 Å². The normalized spacial score (nSPS) is 11.5. The van der Waals surface area contributed by atoms with Gasteiger partial charge < -0.3 is 5.11 Å². The molecule has 1 heterocycles. The molecule has 0 fully saturated rings. The van der Waals surface area contributed by atoms with Crippen molar-refractivity contribution in [3.05, 3.63) is 44.3 Å². The molecule has 0 saturated heterocycles. The molecule has 1 aromatic carbocycles. The van der Waals surface area contributed by atoms with E-state index in [9.17, 15) is 13.2 Å². The largest absolute Gasteiger partial charge is 0.478 e. The maximum absolute atomic E-state index is 12.2. The number of carbonyl (C=O) groups is 1. The van der Waals surface area contributed by atoms with Crippen LogP contribution in [0.25, 0.3) is 0 Å². The van der Waals surface area contributed by atoms with E-state index in [1.54, 1.807) is 5.51 Å². The lowest BCUT2D eigenvalue weighted by Gasteiger charge is -2.10. The van der Waals surface area contributed by atoms with Crippen LogP contribution >= 0.6 is 34.5 Å². The number of hydrogen-bond donors (Lipinski definition) is 2. The van der Waals surface area contributed by atoms with Gasteiger partial charge >= 0.3 is 5.97 Å². The predicted molar refractivity (Wildman–Crippen MR) is 79.6 cm³/mol. The molecule has 0 aliphatic carbocycles. The van der Waals surface area contributed by atoms with Gasteiger partial charge in [0.05, 0.1) is 16.1 Å². The van der Waals surface area contributed by atoms with E-state index in [4.69, 9.17) is 28.3 Å². The van der Waals surface area contributed by atoms with E-state index < -0.39 is 16.0 Å². The number of thiazole rings is 1. The number of benzene rings is 1. The topological polar surface area (TPSA) is 96.4 Å². The van der Waals surface area contributed by atoms with Crippen LogP contribution in [0.15, 0.2) is 28.7 Å². The van der Waals surface area contributed by atoms with Crippen LogP contribution in [0.2, 0.25) is 10.0 Å². The number of carboxylic acid groups (broad SMARTS) is 1. The molecule has 0 atom stereocenters. The lowest BCUT2D eigenvalue weighted by molar-refractivity contribution is 0.0697. The maximum atomic E-state index is 12.2. The summed E-state index contributed by atoms with van der Waals surface area (Å²) in [6.45, 7) is 0.0260. The third-order valence-corrected chi connectivity index (χ3v) is 5.39. The van der Waals surface area contributed by atoms with Crippen molar-refractivity contribution in [2.45, 2.75) is 11.4 Å². The van der Waals surface area contributed by atoms with Crippen LogP contribution in [-0.4, -0.2) is 24.5 Å².